The molecule has 5 nitrogen and oxygen atoms in total. The van der Waals surface area contributed by atoms with Crippen LogP contribution in [0.2, 0.25) is 0 Å². The summed E-state index contributed by atoms with van der Waals surface area (Å²) in [5.74, 6) is -0.599. The monoisotopic (exact) mass is 303 g/mol. The number of ether oxygens (including phenoxy) is 1. The lowest BCUT2D eigenvalue weighted by molar-refractivity contribution is -0.145. The summed E-state index contributed by atoms with van der Waals surface area (Å²) in [5.41, 5.74) is 2.89. The van der Waals surface area contributed by atoms with E-state index in [2.05, 4.69) is 0 Å². The maximum absolute atomic E-state index is 11.9. The average Bonchev–Trinajstić information content (AvgIpc) is 2.46. The van der Waals surface area contributed by atoms with Crippen molar-refractivity contribution in [2.24, 2.45) is 0 Å². The number of ketones is 1. The zero-order chi connectivity index (χ0) is 16.1. The quantitative estimate of drug-likeness (QED) is 0.617. The molecule has 1 heterocycles. The first-order valence-corrected chi connectivity index (χ1v) is 7.58. The van der Waals surface area contributed by atoms with Crippen LogP contribution in [0.3, 0.4) is 0 Å². The van der Waals surface area contributed by atoms with E-state index < -0.39 is 5.97 Å². The second-order valence-corrected chi connectivity index (χ2v) is 5.43. The predicted octanol–water partition coefficient (Wildman–Crippen LogP) is 2.05. The number of anilines is 1. The molecular weight excluding hydrogens is 282 g/mol. The van der Waals surface area contributed by atoms with Gasteiger partial charge in [0.1, 0.15) is 12.2 Å². The lowest BCUT2D eigenvalue weighted by Crippen LogP contribution is -2.33. The van der Waals surface area contributed by atoms with Crippen molar-refractivity contribution in [3.8, 4) is 0 Å². The van der Waals surface area contributed by atoms with Gasteiger partial charge < -0.3 is 9.64 Å². The molecule has 0 atom stereocenters. The molecular formula is C17H21NO4. The van der Waals surface area contributed by atoms with Crippen LogP contribution in [-0.2, 0) is 32.0 Å². The topological polar surface area (TPSA) is 63.7 Å². The molecule has 0 fully saturated rings. The van der Waals surface area contributed by atoms with Gasteiger partial charge in [0.05, 0.1) is 6.61 Å². The third-order valence-corrected chi connectivity index (χ3v) is 3.69. The standard InChI is InChI=1S/C17H21NO4/c1-3-22-17(21)11-15(20)10-13-6-7-16-14(9-13)5-4-8-18(16)12(2)19/h6-7,9H,3-5,8,10-11H2,1-2H3. The second kappa shape index (κ2) is 7.20. The number of carbonyl (C=O) groups is 3. The van der Waals surface area contributed by atoms with Gasteiger partial charge in [0.2, 0.25) is 5.91 Å². The summed E-state index contributed by atoms with van der Waals surface area (Å²) in [5, 5.41) is 0. The van der Waals surface area contributed by atoms with Gasteiger partial charge in [0.25, 0.3) is 0 Å². The van der Waals surface area contributed by atoms with Gasteiger partial charge in [-0.2, -0.15) is 0 Å². The Hall–Kier alpha value is -2.17. The van der Waals surface area contributed by atoms with Crippen LogP contribution in [0.25, 0.3) is 0 Å². The minimum Gasteiger partial charge on any atom is -0.466 e. The summed E-state index contributed by atoms with van der Waals surface area (Å²) >= 11 is 0. The molecule has 0 saturated carbocycles. The number of hydrogen-bond acceptors (Lipinski definition) is 4. The SMILES string of the molecule is CCOC(=O)CC(=O)Cc1ccc2c(c1)CCCN2C(C)=O. The van der Waals surface area contributed by atoms with E-state index in [1.807, 2.05) is 18.2 Å². The van der Waals surface area contributed by atoms with Crippen LogP contribution in [-0.4, -0.2) is 30.8 Å². The number of carbonyl (C=O) groups excluding carboxylic acids is 3. The molecule has 0 unspecified atom stereocenters. The molecule has 0 aromatic heterocycles. The van der Waals surface area contributed by atoms with Crippen LogP contribution < -0.4 is 4.90 Å². The number of hydrogen-bond donors (Lipinski definition) is 0. The van der Waals surface area contributed by atoms with E-state index in [0.29, 0.717) is 0 Å². The molecule has 0 aliphatic carbocycles. The maximum Gasteiger partial charge on any atom is 0.313 e. The van der Waals surface area contributed by atoms with Crippen molar-refractivity contribution in [2.75, 3.05) is 18.1 Å². The fourth-order valence-corrected chi connectivity index (χ4v) is 2.75. The van der Waals surface area contributed by atoms with E-state index in [4.69, 9.17) is 4.74 Å². The summed E-state index contributed by atoms with van der Waals surface area (Å²) in [6.07, 6.45) is 1.85. The van der Waals surface area contributed by atoms with Crippen molar-refractivity contribution >= 4 is 23.3 Å². The van der Waals surface area contributed by atoms with Crippen LogP contribution >= 0.6 is 0 Å². The first-order valence-electron chi connectivity index (χ1n) is 7.58. The van der Waals surface area contributed by atoms with E-state index in [1.165, 1.54) is 0 Å². The number of amides is 1. The van der Waals surface area contributed by atoms with Crippen molar-refractivity contribution < 1.29 is 19.1 Å². The predicted molar refractivity (Wildman–Crippen MR) is 82.8 cm³/mol. The number of fused-ring (bicyclic) bond motifs is 1. The van der Waals surface area contributed by atoms with E-state index in [1.54, 1.807) is 18.7 Å². The second-order valence-electron chi connectivity index (χ2n) is 5.43. The summed E-state index contributed by atoms with van der Waals surface area (Å²) in [7, 11) is 0. The Bertz CT molecular complexity index is 594. The van der Waals surface area contributed by atoms with Crippen LogP contribution in [0.15, 0.2) is 18.2 Å². The summed E-state index contributed by atoms with van der Waals surface area (Å²) < 4.78 is 4.78. The number of esters is 1. The number of benzene rings is 1. The fourth-order valence-electron chi connectivity index (χ4n) is 2.75. The van der Waals surface area contributed by atoms with Crippen LogP contribution in [0.1, 0.15) is 37.8 Å². The summed E-state index contributed by atoms with van der Waals surface area (Å²) in [6.45, 7) is 4.30. The number of nitrogens with zero attached hydrogens (tertiary/aromatic N) is 1. The lowest BCUT2D eigenvalue weighted by Gasteiger charge is -2.28. The molecule has 1 aliphatic heterocycles. The zero-order valence-corrected chi connectivity index (χ0v) is 13.1. The Kier molecular flexibility index (Phi) is 5.31. The molecule has 0 saturated heterocycles. The van der Waals surface area contributed by atoms with E-state index in [9.17, 15) is 14.4 Å². The van der Waals surface area contributed by atoms with Crippen LogP contribution in [0, 0.1) is 0 Å². The van der Waals surface area contributed by atoms with Crippen molar-refractivity contribution in [1.29, 1.82) is 0 Å². The lowest BCUT2D eigenvalue weighted by atomic mass is 9.97. The summed E-state index contributed by atoms with van der Waals surface area (Å²) in [4.78, 5) is 36.6. The summed E-state index contributed by atoms with van der Waals surface area (Å²) in [6, 6.07) is 5.71. The van der Waals surface area contributed by atoms with E-state index in [-0.39, 0.29) is 31.1 Å². The molecule has 1 amide bonds. The first kappa shape index (κ1) is 16.2. The number of rotatable bonds is 5. The molecule has 2 rings (SSSR count). The third-order valence-electron chi connectivity index (χ3n) is 3.69. The van der Waals surface area contributed by atoms with Gasteiger partial charge in [-0.1, -0.05) is 12.1 Å². The van der Waals surface area contributed by atoms with Gasteiger partial charge in [-0.25, -0.2) is 0 Å². The molecule has 118 valence electrons. The van der Waals surface area contributed by atoms with Gasteiger partial charge in [-0.15, -0.1) is 0 Å². The van der Waals surface area contributed by atoms with Crippen molar-refractivity contribution in [2.45, 2.75) is 39.5 Å². The van der Waals surface area contributed by atoms with Crippen LogP contribution in [0.5, 0.6) is 0 Å². The van der Waals surface area contributed by atoms with Gasteiger partial charge in [0.15, 0.2) is 0 Å². The number of Topliss-reactive ketones (excluding diaryl/α,β-unsaturated/α-hetero) is 1. The third kappa shape index (κ3) is 3.93. The van der Waals surface area contributed by atoms with E-state index >= 15 is 0 Å². The molecule has 22 heavy (non-hydrogen) atoms. The van der Waals surface area contributed by atoms with E-state index in [0.717, 1.165) is 36.2 Å². The smallest absolute Gasteiger partial charge is 0.313 e. The molecule has 1 aromatic carbocycles. The Balaban J connectivity index is 2.06. The molecule has 1 aliphatic rings. The number of aryl methyl sites for hydroxylation is 1. The Morgan fingerprint density at radius 1 is 1.27 bits per heavy atom. The Morgan fingerprint density at radius 3 is 2.73 bits per heavy atom. The van der Waals surface area contributed by atoms with Crippen molar-refractivity contribution in [1.82, 2.24) is 0 Å². The molecule has 1 aromatic rings. The highest BCUT2D eigenvalue weighted by atomic mass is 16.5. The van der Waals surface area contributed by atoms with Gasteiger partial charge in [0, 0.05) is 25.6 Å². The highest BCUT2D eigenvalue weighted by Gasteiger charge is 2.20. The van der Waals surface area contributed by atoms with Gasteiger partial charge in [-0.3, -0.25) is 14.4 Å². The largest absolute Gasteiger partial charge is 0.466 e. The highest BCUT2D eigenvalue weighted by Crippen LogP contribution is 2.28. The van der Waals surface area contributed by atoms with Gasteiger partial charge in [-0.05, 0) is 37.0 Å². The first-order chi connectivity index (χ1) is 10.5. The molecule has 0 bridgehead atoms. The van der Waals surface area contributed by atoms with Crippen molar-refractivity contribution in [3.05, 3.63) is 29.3 Å². The minimum atomic E-state index is -0.479. The Labute approximate surface area is 130 Å². The molecule has 5 heteroatoms. The zero-order valence-electron chi connectivity index (χ0n) is 13.1. The fraction of sp³-hybridized carbons (Fsp3) is 0.471. The molecule has 0 spiro atoms. The highest BCUT2D eigenvalue weighted by molar-refractivity contribution is 5.97. The average molecular weight is 303 g/mol. The Morgan fingerprint density at radius 2 is 2.05 bits per heavy atom. The maximum atomic E-state index is 11.9. The van der Waals surface area contributed by atoms with Crippen molar-refractivity contribution in [3.63, 3.8) is 0 Å². The minimum absolute atomic E-state index is 0.0343. The molecule has 0 N–H and O–H groups in total. The van der Waals surface area contributed by atoms with Crippen LogP contribution in [0.4, 0.5) is 5.69 Å². The normalized spacial score (nSPS) is 13.5. The van der Waals surface area contributed by atoms with Gasteiger partial charge >= 0.3 is 5.97 Å². The molecule has 0 radical (unpaired) electrons.